The number of amides is 2. The second kappa shape index (κ2) is 14.3. The van der Waals surface area contributed by atoms with E-state index in [9.17, 15) is 9.59 Å². The summed E-state index contributed by atoms with van der Waals surface area (Å²) in [6, 6.07) is 26.5. The molecule has 3 fully saturated rings. The van der Waals surface area contributed by atoms with Crippen LogP contribution in [0.3, 0.4) is 0 Å². The molecule has 262 valence electrons. The van der Waals surface area contributed by atoms with E-state index < -0.39 is 0 Å². The van der Waals surface area contributed by atoms with Crippen LogP contribution < -0.4 is 0 Å². The lowest BCUT2D eigenvalue weighted by molar-refractivity contribution is -0.142. The van der Waals surface area contributed by atoms with E-state index in [0.29, 0.717) is 6.61 Å². The molecule has 3 saturated heterocycles. The summed E-state index contributed by atoms with van der Waals surface area (Å²) >= 11 is 0. The zero-order valence-electron chi connectivity index (χ0n) is 29.3. The predicted octanol–water partition coefficient (Wildman–Crippen LogP) is 6.94. The number of aromatic nitrogens is 4. The van der Waals surface area contributed by atoms with E-state index in [1.54, 1.807) is 0 Å². The van der Waals surface area contributed by atoms with Crippen LogP contribution in [0.2, 0.25) is 0 Å². The van der Waals surface area contributed by atoms with Gasteiger partial charge in [0, 0.05) is 19.7 Å². The van der Waals surface area contributed by atoms with Crippen LogP contribution in [0.1, 0.15) is 73.9 Å². The van der Waals surface area contributed by atoms with Crippen LogP contribution in [-0.2, 0) is 14.3 Å². The Kier molecular flexibility index (Phi) is 9.27. The Labute approximate surface area is 298 Å². The van der Waals surface area contributed by atoms with E-state index in [0.717, 1.165) is 102 Å². The molecule has 4 atom stereocenters. The fourth-order valence-corrected chi connectivity index (χ4v) is 8.03. The lowest BCUT2D eigenvalue weighted by Gasteiger charge is -2.31. The first-order valence-electron chi connectivity index (χ1n) is 18.2. The number of benzene rings is 3. The third kappa shape index (κ3) is 6.61. The van der Waals surface area contributed by atoms with Gasteiger partial charge < -0.3 is 24.5 Å². The Morgan fingerprint density at radius 3 is 1.76 bits per heavy atom. The third-order valence-corrected chi connectivity index (χ3v) is 10.7. The van der Waals surface area contributed by atoms with Gasteiger partial charge in [-0.1, -0.05) is 78.9 Å². The van der Waals surface area contributed by atoms with Crippen LogP contribution in [0.25, 0.3) is 33.6 Å². The van der Waals surface area contributed by atoms with Crippen molar-refractivity contribution in [2.24, 2.45) is 0 Å². The molecular formula is C41H45N7O3. The van der Waals surface area contributed by atoms with Gasteiger partial charge in [-0.15, -0.1) is 0 Å². The fraction of sp³-hybridized carbons (Fsp3) is 0.366. The molecule has 0 spiro atoms. The van der Waals surface area contributed by atoms with Crippen molar-refractivity contribution in [3.63, 3.8) is 0 Å². The molecular weight excluding hydrogens is 638 g/mol. The van der Waals surface area contributed by atoms with E-state index in [1.165, 1.54) is 0 Å². The van der Waals surface area contributed by atoms with Crippen LogP contribution in [0, 0.1) is 0 Å². The van der Waals surface area contributed by atoms with Crippen molar-refractivity contribution < 1.29 is 14.3 Å². The number of aromatic amines is 2. The van der Waals surface area contributed by atoms with Crippen molar-refractivity contribution in [2.45, 2.75) is 62.8 Å². The highest BCUT2D eigenvalue weighted by atomic mass is 16.5. The number of hydrogen-bond acceptors (Lipinski definition) is 6. The number of nitrogens with zero attached hydrogens (tertiary/aromatic N) is 5. The smallest absolute Gasteiger partial charge is 0.252 e. The summed E-state index contributed by atoms with van der Waals surface area (Å²) in [6.07, 6.45) is 8.91. The van der Waals surface area contributed by atoms with Gasteiger partial charge in [0.2, 0.25) is 5.91 Å². The molecule has 2 aromatic heterocycles. The number of carbonyl (C=O) groups is 2. The normalized spacial score (nSPS) is 21.1. The predicted molar refractivity (Wildman–Crippen MR) is 196 cm³/mol. The van der Waals surface area contributed by atoms with Crippen LogP contribution in [0.4, 0.5) is 0 Å². The van der Waals surface area contributed by atoms with Crippen molar-refractivity contribution in [1.29, 1.82) is 0 Å². The average Bonchev–Trinajstić information content (AvgIpc) is 4.01. The van der Waals surface area contributed by atoms with Gasteiger partial charge in [0.05, 0.1) is 35.9 Å². The van der Waals surface area contributed by atoms with E-state index in [1.807, 2.05) is 71.5 Å². The summed E-state index contributed by atoms with van der Waals surface area (Å²) in [5.74, 6) is 1.88. The molecule has 5 aromatic rings. The zero-order chi connectivity index (χ0) is 34.9. The van der Waals surface area contributed by atoms with Gasteiger partial charge in [-0.25, -0.2) is 9.97 Å². The van der Waals surface area contributed by atoms with Gasteiger partial charge in [0.1, 0.15) is 23.8 Å². The number of hydrogen-bond donors (Lipinski definition) is 2. The Morgan fingerprint density at radius 2 is 1.24 bits per heavy atom. The SMILES string of the molecule is CN(C)C(C(=O)N1CCC[C@H]1c1ncc(-c2ccc(-c3ccc(-c4cnc([C@@H]5CCCN5C(=O)[C@H]5CCCO5)[nH]4)cc3)cc2)[nH]1)c1ccccc1. The van der Waals surface area contributed by atoms with Crippen LogP contribution >= 0.6 is 0 Å². The van der Waals surface area contributed by atoms with Crippen molar-refractivity contribution in [2.75, 3.05) is 33.8 Å². The summed E-state index contributed by atoms with van der Waals surface area (Å²) in [4.78, 5) is 49.4. The number of rotatable bonds is 9. The first kappa shape index (κ1) is 33.1. The highest BCUT2D eigenvalue weighted by Gasteiger charge is 2.38. The molecule has 0 aliphatic carbocycles. The number of nitrogens with one attached hydrogen (secondary N) is 2. The lowest BCUT2D eigenvalue weighted by Crippen LogP contribution is -2.40. The molecule has 5 heterocycles. The first-order valence-corrected chi connectivity index (χ1v) is 18.2. The molecule has 2 amide bonds. The summed E-state index contributed by atoms with van der Waals surface area (Å²) in [7, 11) is 3.92. The van der Waals surface area contributed by atoms with Crippen LogP contribution in [0.15, 0.2) is 91.3 Å². The molecule has 0 radical (unpaired) electrons. The highest BCUT2D eigenvalue weighted by Crippen LogP contribution is 2.36. The Balaban J connectivity index is 0.930. The minimum absolute atomic E-state index is 0.0335. The maximum Gasteiger partial charge on any atom is 0.252 e. The molecule has 51 heavy (non-hydrogen) atoms. The third-order valence-electron chi connectivity index (χ3n) is 10.7. The Bertz CT molecular complexity index is 1960. The topological polar surface area (TPSA) is 110 Å². The number of carbonyl (C=O) groups excluding carboxylic acids is 2. The number of H-pyrrole nitrogens is 2. The van der Waals surface area contributed by atoms with Crippen molar-refractivity contribution in [3.05, 3.63) is 108 Å². The van der Waals surface area contributed by atoms with E-state index in [-0.39, 0.29) is 36.0 Å². The molecule has 10 nitrogen and oxygen atoms in total. The monoisotopic (exact) mass is 683 g/mol. The van der Waals surface area contributed by atoms with Gasteiger partial charge in [0.25, 0.3) is 5.91 Å². The van der Waals surface area contributed by atoms with Gasteiger partial charge >= 0.3 is 0 Å². The van der Waals surface area contributed by atoms with Crippen molar-refractivity contribution in [1.82, 2.24) is 34.6 Å². The molecule has 3 aromatic carbocycles. The second-order valence-corrected chi connectivity index (χ2v) is 14.2. The maximum atomic E-state index is 13.9. The van der Waals surface area contributed by atoms with Gasteiger partial charge in [-0.2, -0.15) is 0 Å². The van der Waals surface area contributed by atoms with Crippen molar-refractivity contribution >= 4 is 11.8 Å². The zero-order valence-corrected chi connectivity index (χ0v) is 29.3. The molecule has 8 rings (SSSR count). The van der Waals surface area contributed by atoms with E-state index in [2.05, 4.69) is 58.5 Å². The average molecular weight is 684 g/mol. The van der Waals surface area contributed by atoms with E-state index in [4.69, 9.17) is 14.7 Å². The Hall–Kier alpha value is -5.06. The lowest BCUT2D eigenvalue weighted by atomic mass is 10.0. The van der Waals surface area contributed by atoms with Gasteiger partial charge in [-0.05, 0) is 80.4 Å². The summed E-state index contributed by atoms with van der Waals surface area (Å²) in [5.41, 5.74) is 7.21. The molecule has 0 bridgehead atoms. The molecule has 2 N–H and O–H groups in total. The molecule has 0 saturated carbocycles. The number of likely N-dealkylation sites (tertiary alicyclic amines) is 2. The molecule has 1 unspecified atom stereocenters. The van der Waals surface area contributed by atoms with Crippen molar-refractivity contribution in [3.8, 4) is 33.6 Å². The Morgan fingerprint density at radius 1 is 0.706 bits per heavy atom. The fourth-order valence-electron chi connectivity index (χ4n) is 8.03. The number of likely N-dealkylation sites (N-methyl/N-ethyl adjacent to an activating group) is 1. The van der Waals surface area contributed by atoms with Gasteiger partial charge in [-0.3, -0.25) is 14.5 Å². The maximum absolute atomic E-state index is 13.9. The highest BCUT2D eigenvalue weighted by molar-refractivity contribution is 5.84. The van der Waals surface area contributed by atoms with Crippen LogP contribution in [0.5, 0.6) is 0 Å². The second-order valence-electron chi connectivity index (χ2n) is 14.2. The summed E-state index contributed by atoms with van der Waals surface area (Å²) in [5, 5.41) is 0. The standard InChI is InChI=1S/C41H45N7O3/c1-46(2)37(31-9-4-3-5-10-31)41(50)48-23-7-12-35(48)39-43-26-33(45-39)30-20-16-28(17-21-30)27-14-18-29(19-15-27)32-25-42-38(44-32)34-11-6-22-47(34)40(49)36-13-8-24-51-36/h3-5,9-10,14-21,25-26,34-37H,6-8,11-13,22-24H2,1-2H3,(H,42,44)(H,43,45)/t34-,35-,36+,37?/m0/s1. The largest absolute Gasteiger partial charge is 0.368 e. The first-order chi connectivity index (χ1) is 24.9. The number of imidazole rings is 2. The minimum atomic E-state index is -0.337. The molecule has 3 aliphatic heterocycles. The molecule has 3 aliphatic rings. The molecule has 10 heteroatoms. The number of ether oxygens (including phenoxy) is 1. The summed E-state index contributed by atoms with van der Waals surface area (Å²) in [6.45, 7) is 2.14. The van der Waals surface area contributed by atoms with Crippen LogP contribution in [-0.4, -0.2) is 86.3 Å². The van der Waals surface area contributed by atoms with Gasteiger partial charge in [0.15, 0.2) is 0 Å². The minimum Gasteiger partial charge on any atom is -0.368 e. The van der Waals surface area contributed by atoms with E-state index >= 15 is 0 Å². The quantitative estimate of drug-likeness (QED) is 0.174. The summed E-state index contributed by atoms with van der Waals surface area (Å²) < 4.78 is 5.68.